The minimum atomic E-state index is -1.56. The molecule has 2 N–H and O–H groups in total. The monoisotopic (exact) mass is 240 g/mol. The third-order valence-electron chi connectivity index (χ3n) is 2.19. The number of hydrogen-bond donors (Lipinski definition) is 2. The summed E-state index contributed by atoms with van der Waals surface area (Å²) in [7, 11) is -1.56. The van der Waals surface area contributed by atoms with Crippen molar-refractivity contribution in [2.24, 2.45) is 0 Å². The van der Waals surface area contributed by atoms with E-state index in [0.29, 0.717) is 11.0 Å². The average molecular weight is 240 g/mol. The van der Waals surface area contributed by atoms with E-state index in [1.807, 2.05) is 0 Å². The van der Waals surface area contributed by atoms with Crippen LogP contribution in [0.25, 0.3) is 0 Å². The van der Waals surface area contributed by atoms with Crippen LogP contribution in [0.4, 0.5) is 4.39 Å². The molecule has 17 heavy (non-hydrogen) atoms. The van der Waals surface area contributed by atoms with Gasteiger partial charge in [-0.3, -0.25) is 0 Å². The van der Waals surface area contributed by atoms with Gasteiger partial charge in [-0.05, 0) is 24.5 Å². The fourth-order valence-electron chi connectivity index (χ4n) is 1.19. The molecular weight excluding hydrogens is 226 g/mol. The van der Waals surface area contributed by atoms with Crippen molar-refractivity contribution in [3.63, 3.8) is 0 Å². The summed E-state index contributed by atoms with van der Waals surface area (Å²) in [5.74, 6) is -0.551. The third-order valence-corrected chi connectivity index (χ3v) is 2.19. The van der Waals surface area contributed by atoms with Crippen molar-refractivity contribution in [2.75, 3.05) is 6.61 Å². The van der Waals surface area contributed by atoms with Crippen LogP contribution in [0.15, 0.2) is 24.3 Å². The van der Waals surface area contributed by atoms with Crippen molar-refractivity contribution in [1.82, 2.24) is 0 Å². The first-order chi connectivity index (χ1) is 8.00. The van der Waals surface area contributed by atoms with Crippen molar-refractivity contribution in [1.29, 1.82) is 0 Å². The molecule has 0 amide bonds. The lowest BCUT2D eigenvalue weighted by atomic mass is 9.80. The fraction of sp³-hybridized carbons (Fsp3) is 0.364. The maximum Gasteiger partial charge on any atom is 0.488 e. The molecule has 1 aromatic rings. The highest BCUT2D eigenvalue weighted by molar-refractivity contribution is 6.58. The molecule has 0 spiro atoms. The third kappa shape index (κ3) is 4.54. The van der Waals surface area contributed by atoms with Crippen LogP contribution in [0.2, 0.25) is 0 Å². The molecule has 0 bridgehead atoms. The van der Waals surface area contributed by atoms with Crippen LogP contribution in [0.5, 0.6) is 0 Å². The summed E-state index contributed by atoms with van der Waals surface area (Å²) in [6.45, 7) is 1.42. The van der Waals surface area contributed by atoms with E-state index in [1.165, 1.54) is 31.2 Å². The SMILES string of the molecule is CC(F)CCOC(=O)c1ccc(B(O)O)cc1. The van der Waals surface area contributed by atoms with E-state index < -0.39 is 19.3 Å². The predicted molar refractivity (Wildman–Crippen MR) is 61.7 cm³/mol. The topological polar surface area (TPSA) is 66.8 Å². The second-order valence-electron chi connectivity index (χ2n) is 3.70. The number of rotatable bonds is 5. The minimum absolute atomic E-state index is 0.0286. The van der Waals surface area contributed by atoms with Crippen LogP contribution in [0.3, 0.4) is 0 Å². The highest BCUT2D eigenvalue weighted by atomic mass is 19.1. The van der Waals surface area contributed by atoms with E-state index in [9.17, 15) is 9.18 Å². The Bertz CT molecular complexity index is 364. The first-order valence-corrected chi connectivity index (χ1v) is 5.28. The lowest BCUT2D eigenvalue weighted by Crippen LogP contribution is -2.29. The Hall–Kier alpha value is -1.40. The van der Waals surface area contributed by atoms with Crippen molar-refractivity contribution in [3.05, 3.63) is 29.8 Å². The second kappa shape index (κ2) is 6.37. The zero-order valence-electron chi connectivity index (χ0n) is 9.47. The van der Waals surface area contributed by atoms with Crippen molar-refractivity contribution >= 4 is 18.6 Å². The molecule has 1 aromatic carbocycles. The van der Waals surface area contributed by atoms with E-state index in [2.05, 4.69) is 0 Å². The Labute approximate surface area is 99.2 Å². The van der Waals surface area contributed by atoms with Gasteiger partial charge < -0.3 is 14.8 Å². The van der Waals surface area contributed by atoms with E-state index in [1.54, 1.807) is 0 Å². The molecule has 0 fully saturated rings. The van der Waals surface area contributed by atoms with Crippen molar-refractivity contribution in [2.45, 2.75) is 19.5 Å². The number of ether oxygens (including phenoxy) is 1. The molecular formula is C11H14BFO4. The molecule has 0 aliphatic rings. The van der Waals surface area contributed by atoms with Gasteiger partial charge in [-0.2, -0.15) is 0 Å². The molecule has 0 saturated carbocycles. The Balaban J connectivity index is 2.52. The molecule has 0 saturated heterocycles. The van der Waals surface area contributed by atoms with Gasteiger partial charge in [0, 0.05) is 6.42 Å². The van der Waals surface area contributed by atoms with Crippen LogP contribution in [0, 0.1) is 0 Å². The van der Waals surface area contributed by atoms with Gasteiger partial charge in [0.25, 0.3) is 0 Å². The van der Waals surface area contributed by atoms with Crippen LogP contribution < -0.4 is 5.46 Å². The normalized spacial score (nSPS) is 12.0. The Morgan fingerprint density at radius 3 is 2.47 bits per heavy atom. The molecule has 0 aromatic heterocycles. The number of esters is 1. The smallest absolute Gasteiger partial charge is 0.462 e. The number of benzene rings is 1. The van der Waals surface area contributed by atoms with Gasteiger partial charge in [-0.25, -0.2) is 9.18 Å². The Kier molecular flexibility index (Phi) is 5.12. The summed E-state index contributed by atoms with van der Waals surface area (Å²) in [5.41, 5.74) is 0.583. The largest absolute Gasteiger partial charge is 0.488 e. The van der Waals surface area contributed by atoms with E-state index >= 15 is 0 Å². The molecule has 6 heteroatoms. The summed E-state index contributed by atoms with van der Waals surface area (Å²) in [6, 6.07) is 5.68. The summed E-state index contributed by atoms with van der Waals surface area (Å²) < 4.78 is 17.3. The lowest BCUT2D eigenvalue weighted by Gasteiger charge is -2.06. The quantitative estimate of drug-likeness (QED) is 0.572. The first-order valence-electron chi connectivity index (χ1n) is 5.28. The minimum Gasteiger partial charge on any atom is -0.462 e. The summed E-state index contributed by atoms with van der Waals surface area (Å²) in [5, 5.41) is 17.7. The number of hydrogen-bond acceptors (Lipinski definition) is 4. The number of alkyl halides is 1. The average Bonchev–Trinajstić information content (AvgIpc) is 2.28. The molecule has 1 rings (SSSR count). The second-order valence-corrected chi connectivity index (χ2v) is 3.70. The van der Waals surface area contributed by atoms with Gasteiger partial charge in [-0.15, -0.1) is 0 Å². The van der Waals surface area contributed by atoms with Crippen LogP contribution >= 0.6 is 0 Å². The molecule has 0 aliphatic heterocycles. The van der Waals surface area contributed by atoms with Crippen LogP contribution in [0.1, 0.15) is 23.7 Å². The summed E-state index contributed by atoms with van der Waals surface area (Å²) in [4.78, 5) is 11.4. The van der Waals surface area contributed by atoms with E-state index in [0.717, 1.165) is 0 Å². The van der Waals surface area contributed by atoms with Gasteiger partial charge in [0.05, 0.1) is 12.2 Å². The summed E-state index contributed by atoms with van der Waals surface area (Å²) >= 11 is 0. The number of halogens is 1. The molecule has 92 valence electrons. The fourth-order valence-corrected chi connectivity index (χ4v) is 1.19. The van der Waals surface area contributed by atoms with Gasteiger partial charge in [0.15, 0.2) is 0 Å². The zero-order chi connectivity index (χ0) is 12.8. The van der Waals surface area contributed by atoms with E-state index in [-0.39, 0.29) is 13.0 Å². The molecule has 0 heterocycles. The number of carbonyl (C=O) groups excluding carboxylic acids is 1. The lowest BCUT2D eigenvalue weighted by molar-refractivity contribution is 0.0478. The maximum absolute atomic E-state index is 12.4. The van der Waals surface area contributed by atoms with Crippen LogP contribution in [-0.4, -0.2) is 35.9 Å². The van der Waals surface area contributed by atoms with Gasteiger partial charge in [0.1, 0.15) is 6.17 Å². The molecule has 0 aliphatic carbocycles. The highest BCUT2D eigenvalue weighted by Gasteiger charge is 2.12. The molecule has 4 nitrogen and oxygen atoms in total. The Morgan fingerprint density at radius 1 is 1.41 bits per heavy atom. The zero-order valence-corrected chi connectivity index (χ0v) is 9.47. The van der Waals surface area contributed by atoms with Gasteiger partial charge in [0.2, 0.25) is 0 Å². The van der Waals surface area contributed by atoms with Gasteiger partial charge >= 0.3 is 13.1 Å². The highest BCUT2D eigenvalue weighted by Crippen LogP contribution is 2.02. The Morgan fingerprint density at radius 2 is 2.00 bits per heavy atom. The van der Waals surface area contributed by atoms with Crippen molar-refractivity contribution < 1.29 is 24.0 Å². The van der Waals surface area contributed by atoms with Crippen molar-refractivity contribution in [3.8, 4) is 0 Å². The molecule has 1 atom stereocenters. The summed E-state index contributed by atoms with van der Waals surface area (Å²) in [6.07, 6.45) is -0.839. The van der Waals surface area contributed by atoms with E-state index in [4.69, 9.17) is 14.8 Å². The molecule has 0 radical (unpaired) electrons. The predicted octanol–water partition coefficient (Wildman–Crippen LogP) is 0.271. The molecule has 1 unspecified atom stereocenters. The standard InChI is InChI=1S/C11H14BFO4/c1-8(13)6-7-17-11(14)9-2-4-10(5-3-9)12(15)16/h2-5,8,15-16H,6-7H2,1H3. The maximum atomic E-state index is 12.4. The first kappa shape index (κ1) is 13.7. The van der Waals surface area contributed by atoms with Gasteiger partial charge in [-0.1, -0.05) is 12.1 Å². The van der Waals surface area contributed by atoms with Crippen LogP contribution in [-0.2, 0) is 4.74 Å². The number of carbonyl (C=O) groups is 1.